The first kappa shape index (κ1) is 15.4. The molecule has 116 valence electrons. The summed E-state index contributed by atoms with van der Waals surface area (Å²) in [5.41, 5.74) is 0. The van der Waals surface area contributed by atoms with Crippen molar-refractivity contribution in [1.82, 2.24) is 14.9 Å². The van der Waals surface area contributed by atoms with Gasteiger partial charge in [0.2, 0.25) is 11.7 Å². The summed E-state index contributed by atoms with van der Waals surface area (Å²) in [6, 6.07) is -0.176. The third-order valence-electron chi connectivity index (χ3n) is 3.81. The number of amides is 1. The van der Waals surface area contributed by atoms with Crippen LogP contribution in [0.3, 0.4) is 0 Å². The maximum Gasteiger partial charge on any atom is 0.381 e. The maximum absolute atomic E-state index is 11.9. The van der Waals surface area contributed by atoms with Gasteiger partial charge in [-0.1, -0.05) is 12.8 Å². The van der Waals surface area contributed by atoms with E-state index in [9.17, 15) is 20.0 Å². The first-order valence-corrected chi connectivity index (χ1v) is 7.13. The van der Waals surface area contributed by atoms with E-state index in [0.29, 0.717) is 12.4 Å². The number of rotatable bonds is 5. The summed E-state index contributed by atoms with van der Waals surface area (Å²) in [7, 11) is 0. The summed E-state index contributed by atoms with van der Waals surface area (Å²) >= 11 is 0. The SMILES string of the molecule is Cc1nc([N+](=O)[O-])cn1CCC(=O)NC1CCCCC1O. The highest BCUT2D eigenvalue weighted by molar-refractivity contribution is 5.76. The van der Waals surface area contributed by atoms with E-state index in [1.807, 2.05) is 0 Å². The molecule has 1 aliphatic carbocycles. The third kappa shape index (κ3) is 4.01. The molecule has 0 radical (unpaired) electrons. The van der Waals surface area contributed by atoms with Crippen LogP contribution in [-0.2, 0) is 11.3 Å². The zero-order chi connectivity index (χ0) is 15.4. The van der Waals surface area contributed by atoms with Gasteiger partial charge in [0.1, 0.15) is 6.20 Å². The molecule has 0 aromatic carbocycles. The molecule has 8 heteroatoms. The lowest BCUT2D eigenvalue weighted by Gasteiger charge is -2.28. The number of nitro groups is 1. The van der Waals surface area contributed by atoms with Gasteiger partial charge in [0.05, 0.1) is 12.1 Å². The molecule has 2 atom stereocenters. The van der Waals surface area contributed by atoms with E-state index in [1.165, 1.54) is 6.20 Å². The number of aromatic nitrogens is 2. The van der Waals surface area contributed by atoms with Gasteiger partial charge in [-0.2, -0.15) is 0 Å². The molecule has 1 aromatic rings. The van der Waals surface area contributed by atoms with Crippen molar-refractivity contribution in [2.75, 3.05) is 0 Å². The van der Waals surface area contributed by atoms with Gasteiger partial charge in [-0.05, 0) is 22.7 Å². The molecule has 2 unspecified atom stereocenters. The lowest BCUT2D eigenvalue weighted by molar-refractivity contribution is -0.389. The van der Waals surface area contributed by atoms with Crippen LogP contribution in [-0.4, -0.2) is 37.6 Å². The summed E-state index contributed by atoms with van der Waals surface area (Å²) in [4.78, 5) is 25.8. The van der Waals surface area contributed by atoms with Crippen LogP contribution in [0.15, 0.2) is 6.20 Å². The van der Waals surface area contributed by atoms with Crippen LogP contribution in [0, 0.1) is 17.0 Å². The van der Waals surface area contributed by atoms with E-state index < -0.39 is 11.0 Å². The lowest BCUT2D eigenvalue weighted by atomic mass is 9.92. The molecule has 21 heavy (non-hydrogen) atoms. The monoisotopic (exact) mass is 296 g/mol. The fraction of sp³-hybridized carbons (Fsp3) is 0.692. The Labute approximate surface area is 122 Å². The number of aliphatic hydroxyl groups excluding tert-OH is 1. The fourth-order valence-corrected chi connectivity index (χ4v) is 2.59. The van der Waals surface area contributed by atoms with Crippen LogP contribution < -0.4 is 5.32 Å². The first-order chi connectivity index (χ1) is 9.97. The number of carbonyl (C=O) groups excluding carboxylic acids is 1. The predicted molar refractivity (Wildman–Crippen MR) is 74.6 cm³/mol. The molecule has 1 amide bonds. The molecule has 0 spiro atoms. The van der Waals surface area contributed by atoms with Crippen LogP contribution in [0.2, 0.25) is 0 Å². The Kier molecular flexibility index (Phi) is 4.89. The number of hydrogen-bond donors (Lipinski definition) is 2. The number of hydrogen-bond acceptors (Lipinski definition) is 5. The van der Waals surface area contributed by atoms with Gasteiger partial charge < -0.3 is 25.1 Å². The summed E-state index contributed by atoms with van der Waals surface area (Å²) in [5.74, 6) is 0.138. The molecule has 1 aliphatic rings. The highest BCUT2D eigenvalue weighted by Gasteiger charge is 2.24. The van der Waals surface area contributed by atoms with Crippen molar-refractivity contribution >= 4 is 11.7 Å². The Morgan fingerprint density at radius 2 is 2.29 bits per heavy atom. The van der Waals surface area contributed by atoms with Crippen molar-refractivity contribution in [1.29, 1.82) is 0 Å². The van der Waals surface area contributed by atoms with E-state index in [0.717, 1.165) is 25.7 Å². The molecular weight excluding hydrogens is 276 g/mol. The third-order valence-corrected chi connectivity index (χ3v) is 3.81. The number of imidazole rings is 1. The quantitative estimate of drug-likeness (QED) is 0.620. The average molecular weight is 296 g/mol. The molecule has 2 rings (SSSR count). The molecule has 0 aliphatic heterocycles. The van der Waals surface area contributed by atoms with E-state index in [-0.39, 0.29) is 24.2 Å². The zero-order valence-electron chi connectivity index (χ0n) is 12.0. The topological polar surface area (TPSA) is 110 Å². The van der Waals surface area contributed by atoms with Crippen LogP contribution in [0.4, 0.5) is 5.82 Å². The van der Waals surface area contributed by atoms with Crippen molar-refractivity contribution in [2.45, 2.75) is 57.7 Å². The molecule has 2 N–H and O–H groups in total. The standard InChI is InChI=1S/C13H20N4O4/c1-9-14-12(17(20)21)8-16(9)7-6-13(19)15-10-4-2-3-5-11(10)18/h8,10-11,18H,2-7H2,1H3,(H,15,19). The maximum atomic E-state index is 11.9. The largest absolute Gasteiger partial charge is 0.391 e. The highest BCUT2D eigenvalue weighted by atomic mass is 16.6. The number of carbonyl (C=O) groups is 1. The van der Waals surface area contributed by atoms with Gasteiger partial charge in [0.15, 0.2) is 0 Å². The van der Waals surface area contributed by atoms with Gasteiger partial charge in [-0.15, -0.1) is 0 Å². The summed E-state index contributed by atoms with van der Waals surface area (Å²) in [5, 5.41) is 23.3. The number of aliphatic hydroxyl groups is 1. The van der Waals surface area contributed by atoms with Gasteiger partial charge in [-0.25, -0.2) is 0 Å². The summed E-state index contributed by atoms with van der Waals surface area (Å²) in [6.07, 6.45) is 4.58. The van der Waals surface area contributed by atoms with E-state index in [2.05, 4.69) is 10.3 Å². The molecule has 1 aromatic heterocycles. The Morgan fingerprint density at radius 1 is 1.57 bits per heavy atom. The normalized spacial score (nSPS) is 22.0. The van der Waals surface area contributed by atoms with Crippen LogP contribution in [0.1, 0.15) is 37.9 Å². The molecule has 1 fully saturated rings. The number of aryl methyl sites for hydroxylation is 2. The highest BCUT2D eigenvalue weighted by Crippen LogP contribution is 2.18. The summed E-state index contributed by atoms with van der Waals surface area (Å²) < 4.78 is 1.59. The number of nitrogens with one attached hydrogen (secondary N) is 1. The van der Waals surface area contributed by atoms with Crippen LogP contribution in [0.5, 0.6) is 0 Å². The van der Waals surface area contributed by atoms with E-state index in [1.54, 1.807) is 11.5 Å². The molecular formula is C13H20N4O4. The molecule has 0 saturated heterocycles. The Bertz CT molecular complexity index is 528. The van der Waals surface area contributed by atoms with Gasteiger partial charge in [0.25, 0.3) is 0 Å². The average Bonchev–Trinajstić information content (AvgIpc) is 2.81. The lowest BCUT2D eigenvalue weighted by Crippen LogP contribution is -2.45. The van der Waals surface area contributed by atoms with E-state index in [4.69, 9.17) is 0 Å². The van der Waals surface area contributed by atoms with Crippen LogP contribution >= 0.6 is 0 Å². The second-order valence-electron chi connectivity index (χ2n) is 5.37. The fourth-order valence-electron chi connectivity index (χ4n) is 2.59. The predicted octanol–water partition coefficient (Wildman–Crippen LogP) is 0.910. The minimum Gasteiger partial charge on any atom is -0.391 e. The van der Waals surface area contributed by atoms with Gasteiger partial charge >= 0.3 is 5.82 Å². The van der Waals surface area contributed by atoms with Crippen molar-refractivity contribution in [3.63, 3.8) is 0 Å². The molecule has 0 bridgehead atoms. The number of nitrogens with zero attached hydrogens (tertiary/aromatic N) is 3. The van der Waals surface area contributed by atoms with Crippen molar-refractivity contribution in [3.8, 4) is 0 Å². The van der Waals surface area contributed by atoms with Crippen molar-refractivity contribution < 1.29 is 14.8 Å². The zero-order valence-corrected chi connectivity index (χ0v) is 12.0. The second kappa shape index (κ2) is 6.66. The molecule has 8 nitrogen and oxygen atoms in total. The summed E-state index contributed by atoms with van der Waals surface area (Å²) in [6.45, 7) is 2.00. The van der Waals surface area contributed by atoms with Crippen LogP contribution in [0.25, 0.3) is 0 Å². The molecule has 1 heterocycles. The smallest absolute Gasteiger partial charge is 0.381 e. The second-order valence-corrected chi connectivity index (χ2v) is 5.37. The molecule has 1 saturated carbocycles. The van der Waals surface area contributed by atoms with Gasteiger partial charge in [-0.3, -0.25) is 4.79 Å². The van der Waals surface area contributed by atoms with Crippen molar-refractivity contribution in [2.24, 2.45) is 0 Å². The van der Waals surface area contributed by atoms with E-state index >= 15 is 0 Å². The minimum absolute atomic E-state index is 0.156. The Balaban J connectivity index is 1.85. The minimum atomic E-state index is -0.554. The van der Waals surface area contributed by atoms with Crippen molar-refractivity contribution in [3.05, 3.63) is 22.1 Å². The Hall–Kier alpha value is -1.96. The van der Waals surface area contributed by atoms with Gasteiger partial charge in [0, 0.05) is 19.9 Å². The first-order valence-electron chi connectivity index (χ1n) is 7.13. The Morgan fingerprint density at radius 3 is 2.90 bits per heavy atom.